The maximum absolute atomic E-state index is 11.9. The summed E-state index contributed by atoms with van der Waals surface area (Å²) in [5, 5.41) is 13.3. The van der Waals surface area contributed by atoms with Gasteiger partial charge in [0.05, 0.1) is 157 Å². The van der Waals surface area contributed by atoms with Crippen molar-refractivity contribution in [2.24, 2.45) is 5.92 Å². The second-order valence-electron chi connectivity index (χ2n) is 12.5. The van der Waals surface area contributed by atoms with Crippen molar-refractivity contribution in [1.82, 2.24) is 10.6 Å². The van der Waals surface area contributed by atoms with Crippen LogP contribution < -0.4 is 10.6 Å². The number of hydrogen-bond acceptors (Lipinski definition) is 17. The standard InChI is InChI=1S/C38H72N2O17S/c1-33(2)34(41)6-10-47-12-14-49-16-18-51-20-22-53-24-26-55-28-30-56-29-27-54-25-23-52-21-19-50-17-15-48-13-11-46-8-4-9-57-32-40-36(42)5-7-39-38(45)35(58-3)31-37(43)44/h33,35H,4-32H2,1-3H3,(H,39,45)(H,40,42)(H,43,44). The summed E-state index contributed by atoms with van der Waals surface area (Å²) in [7, 11) is 0. The number of ketones is 1. The van der Waals surface area contributed by atoms with Gasteiger partial charge in [-0.3, -0.25) is 19.2 Å². The Bertz CT molecular complexity index is 970. The van der Waals surface area contributed by atoms with Crippen LogP contribution in [0.25, 0.3) is 0 Å². The molecule has 0 radical (unpaired) electrons. The van der Waals surface area contributed by atoms with Crippen LogP contribution in [0.5, 0.6) is 0 Å². The summed E-state index contributed by atoms with van der Waals surface area (Å²) in [5.74, 6) is -1.47. The van der Waals surface area contributed by atoms with Crippen LogP contribution in [-0.4, -0.2) is 205 Å². The van der Waals surface area contributed by atoms with E-state index in [1.165, 1.54) is 0 Å². The number of carboxylic acids is 1. The Morgan fingerprint density at radius 2 is 0.828 bits per heavy atom. The van der Waals surface area contributed by atoms with E-state index >= 15 is 0 Å². The molecule has 0 aromatic carbocycles. The summed E-state index contributed by atoms with van der Waals surface area (Å²) < 4.78 is 65.4. The molecule has 0 aliphatic heterocycles. The van der Waals surface area contributed by atoms with Gasteiger partial charge in [-0.1, -0.05) is 13.8 Å². The summed E-state index contributed by atoms with van der Waals surface area (Å²) >= 11 is 1.15. The Morgan fingerprint density at radius 1 is 0.483 bits per heavy atom. The molecule has 1 unspecified atom stereocenters. The quantitative estimate of drug-likeness (QED) is 0.0573. The molecule has 0 fully saturated rings. The molecule has 3 N–H and O–H groups in total. The summed E-state index contributed by atoms with van der Waals surface area (Å²) in [5.41, 5.74) is 0. The number of aliphatic carboxylic acids is 1. The molecule has 0 bridgehead atoms. The van der Waals surface area contributed by atoms with Crippen molar-refractivity contribution in [2.45, 2.75) is 44.8 Å². The first-order valence-corrected chi connectivity index (χ1v) is 21.3. The van der Waals surface area contributed by atoms with Crippen LogP contribution >= 0.6 is 11.8 Å². The lowest BCUT2D eigenvalue weighted by molar-refractivity contribution is -0.138. The lowest BCUT2D eigenvalue weighted by Gasteiger charge is -2.12. The van der Waals surface area contributed by atoms with Crippen LogP contribution in [0.15, 0.2) is 0 Å². The Balaban J connectivity index is 3.20. The minimum atomic E-state index is -1.05. The molecule has 20 heteroatoms. The molecule has 0 spiro atoms. The number of thioether (sulfide) groups is 1. The van der Waals surface area contributed by atoms with Gasteiger partial charge < -0.3 is 72.6 Å². The molecule has 342 valence electrons. The number of carbonyl (C=O) groups excluding carboxylic acids is 3. The first-order chi connectivity index (χ1) is 28.3. The van der Waals surface area contributed by atoms with E-state index in [1.54, 1.807) is 6.26 Å². The van der Waals surface area contributed by atoms with Crippen molar-refractivity contribution in [3.63, 3.8) is 0 Å². The molecule has 0 aromatic rings. The van der Waals surface area contributed by atoms with Gasteiger partial charge in [0.1, 0.15) is 12.5 Å². The van der Waals surface area contributed by atoms with Crippen molar-refractivity contribution < 1.29 is 81.1 Å². The van der Waals surface area contributed by atoms with Gasteiger partial charge in [0.25, 0.3) is 0 Å². The molecular weight excluding hydrogens is 788 g/mol. The van der Waals surface area contributed by atoms with Crippen molar-refractivity contribution >= 4 is 35.3 Å². The second-order valence-corrected chi connectivity index (χ2v) is 13.5. The Labute approximate surface area is 348 Å². The summed E-state index contributed by atoms with van der Waals surface area (Å²) in [6, 6.07) is 0. The SMILES string of the molecule is CSC(CC(=O)O)C(=O)NCCC(=O)NCOCCCOCCOCCOCCOCCOCCOCCOCCOCCOCCOCCOCCC(=O)C(C)C. The third kappa shape index (κ3) is 42.1. The summed E-state index contributed by atoms with van der Waals surface area (Å²) in [6.07, 6.45) is 2.56. The molecule has 0 saturated carbocycles. The highest BCUT2D eigenvalue weighted by molar-refractivity contribution is 7.99. The molecule has 2 amide bonds. The average molecular weight is 861 g/mol. The number of hydrogen-bond donors (Lipinski definition) is 3. The molecule has 58 heavy (non-hydrogen) atoms. The van der Waals surface area contributed by atoms with E-state index in [0.717, 1.165) is 11.8 Å². The minimum absolute atomic E-state index is 0.0491. The maximum atomic E-state index is 11.9. The second kappa shape index (κ2) is 44.5. The highest BCUT2D eigenvalue weighted by Gasteiger charge is 2.20. The topological polar surface area (TPSA) is 223 Å². The lowest BCUT2D eigenvalue weighted by Crippen LogP contribution is -2.37. The Morgan fingerprint density at radius 3 is 1.17 bits per heavy atom. The number of Topliss-reactive ketones (excluding diaryl/α,β-unsaturated/α-hetero) is 1. The van der Waals surface area contributed by atoms with Crippen LogP contribution in [0.2, 0.25) is 0 Å². The highest BCUT2D eigenvalue weighted by Crippen LogP contribution is 2.11. The molecule has 0 aromatic heterocycles. The minimum Gasteiger partial charge on any atom is -0.481 e. The normalized spacial score (nSPS) is 11.9. The van der Waals surface area contributed by atoms with Crippen LogP contribution in [0, 0.1) is 5.92 Å². The van der Waals surface area contributed by atoms with E-state index in [9.17, 15) is 19.2 Å². The number of carboxylic acid groups (broad SMARTS) is 1. The van der Waals surface area contributed by atoms with Gasteiger partial charge in [-0.25, -0.2) is 0 Å². The molecule has 0 aliphatic carbocycles. The van der Waals surface area contributed by atoms with Crippen LogP contribution in [0.4, 0.5) is 0 Å². The van der Waals surface area contributed by atoms with E-state index in [4.69, 9.17) is 61.9 Å². The zero-order chi connectivity index (χ0) is 42.6. The van der Waals surface area contributed by atoms with E-state index in [-0.39, 0.29) is 43.7 Å². The third-order valence-corrected chi connectivity index (χ3v) is 8.34. The van der Waals surface area contributed by atoms with Crippen molar-refractivity contribution in [3.05, 3.63) is 0 Å². The molecule has 19 nitrogen and oxygen atoms in total. The van der Waals surface area contributed by atoms with E-state index < -0.39 is 17.1 Å². The fourth-order valence-corrected chi connectivity index (χ4v) is 4.78. The van der Waals surface area contributed by atoms with E-state index in [0.29, 0.717) is 165 Å². The van der Waals surface area contributed by atoms with Gasteiger partial charge >= 0.3 is 5.97 Å². The first kappa shape index (κ1) is 55.9. The number of rotatable bonds is 47. The number of carbonyl (C=O) groups is 4. The Kier molecular flexibility index (Phi) is 42.9. The van der Waals surface area contributed by atoms with Crippen molar-refractivity contribution in [1.29, 1.82) is 0 Å². The van der Waals surface area contributed by atoms with Gasteiger partial charge in [0, 0.05) is 31.9 Å². The number of amides is 2. The van der Waals surface area contributed by atoms with Gasteiger partial charge in [0.2, 0.25) is 11.8 Å². The van der Waals surface area contributed by atoms with Gasteiger partial charge in [-0.2, -0.15) is 11.8 Å². The number of ether oxygens (including phenoxy) is 12. The predicted molar refractivity (Wildman–Crippen MR) is 214 cm³/mol. The van der Waals surface area contributed by atoms with Gasteiger partial charge in [0.15, 0.2) is 0 Å². The highest BCUT2D eigenvalue weighted by atomic mass is 32.2. The molecule has 0 rings (SSSR count). The van der Waals surface area contributed by atoms with E-state index in [2.05, 4.69) is 10.6 Å². The average Bonchev–Trinajstić information content (AvgIpc) is 3.20. The third-order valence-electron chi connectivity index (χ3n) is 7.39. The zero-order valence-electron chi connectivity index (χ0n) is 35.0. The monoisotopic (exact) mass is 860 g/mol. The van der Waals surface area contributed by atoms with Crippen LogP contribution in [-0.2, 0) is 76.0 Å². The zero-order valence-corrected chi connectivity index (χ0v) is 35.9. The Hall–Kier alpha value is -2.05. The molecule has 0 aliphatic rings. The number of nitrogens with one attached hydrogen (secondary N) is 2. The molecule has 0 saturated heterocycles. The van der Waals surface area contributed by atoms with Crippen molar-refractivity contribution in [3.8, 4) is 0 Å². The van der Waals surface area contributed by atoms with Crippen LogP contribution in [0.3, 0.4) is 0 Å². The lowest BCUT2D eigenvalue weighted by atomic mass is 10.1. The molecule has 0 heterocycles. The van der Waals surface area contributed by atoms with Crippen LogP contribution in [0.1, 0.15) is 39.5 Å². The fourth-order valence-electron chi connectivity index (χ4n) is 4.17. The smallest absolute Gasteiger partial charge is 0.305 e. The maximum Gasteiger partial charge on any atom is 0.305 e. The van der Waals surface area contributed by atoms with Gasteiger partial charge in [-0.15, -0.1) is 0 Å². The predicted octanol–water partition coefficient (Wildman–Crippen LogP) is 0.977. The first-order valence-electron chi connectivity index (χ1n) is 20.0. The summed E-state index contributed by atoms with van der Waals surface area (Å²) in [6.45, 7) is 14.7. The van der Waals surface area contributed by atoms with E-state index in [1.807, 2.05) is 13.8 Å². The van der Waals surface area contributed by atoms with Crippen molar-refractivity contribution in [2.75, 3.05) is 171 Å². The van der Waals surface area contributed by atoms with Gasteiger partial charge in [-0.05, 0) is 12.7 Å². The molecular formula is C38H72N2O17S. The molecule has 1 atom stereocenters. The fraction of sp³-hybridized carbons (Fsp3) is 0.895. The summed E-state index contributed by atoms with van der Waals surface area (Å²) in [4.78, 5) is 46.0. The largest absolute Gasteiger partial charge is 0.481 e.